The lowest BCUT2D eigenvalue weighted by molar-refractivity contribution is 0.0909. The number of nitrogens with zero attached hydrogens (tertiary/aromatic N) is 2. The van der Waals surface area contributed by atoms with Crippen LogP contribution in [0.5, 0.6) is 5.75 Å². The molecule has 0 bridgehead atoms. The molecule has 2 aromatic heterocycles. The zero-order valence-corrected chi connectivity index (χ0v) is 17.9. The zero-order chi connectivity index (χ0) is 21.6. The van der Waals surface area contributed by atoms with Gasteiger partial charge in [-0.25, -0.2) is 4.98 Å². The van der Waals surface area contributed by atoms with Gasteiger partial charge in [-0.05, 0) is 63.1 Å². The van der Waals surface area contributed by atoms with Gasteiger partial charge in [0.2, 0.25) is 0 Å². The third-order valence-corrected chi connectivity index (χ3v) is 5.23. The topological polar surface area (TPSA) is 69.3 Å². The minimum absolute atomic E-state index is 0.248. The molecule has 31 heavy (non-hydrogen) atoms. The van der Waals surface area contributed by atoms with Crippen molar-refractivity contribution in [3.8, 4) is 5.75 Å². The SMILES string of the molecule is Cc1ccc(OCCCCn2c([C@@H](C)NC(=O)c3ccco3)nc3ccccc32)cc1. The minimum atomic E-state index is -0.256. The fourth-order valence-electron chi connectivity index (χ4n) is 3.60. The Labute approximate surface area is 181 Å². The average molecular weight is 418 g/mol. The van der Waals surface area contributed by atoms with Crippen molar-refractivity contribution in [2.24, 2.45) is 0 Å². The van der Waals surface area contributed by atoms with Gasteiger partial charge < -0.3 is 19.0 Å². The number of imidazole rings is 1. The number of nitrogens with one attached hydrogen (secondary N) is 1. The van der Waals surface area contributed by atoms with Crippen molar-refractivity contribution < 1.29 is 13.9 Å². The minimum Gasteiger partial charge on any atom is -0.494 e. The molecule has 1 amide bonds. The fraction of sp³-hybridized carbons (Fsp3) is 0.280. The summed E-state index contributed by atoms with van der Waals surface area (Å²) in [5, 5.41) is 2.99. The molecule has 0 spiro atoms. The molecule has 160 valence electrons. The number of unbranched alkanes of at least 4 members (excludes halogenated alkanes) is 1. The molecular weight excluding hydrogens is 390 g/mol. The van der Waals surface area contributed by atoms with Crippen LogP contribution in [-0.4, -0.2) is 22.1 Å². The van der Waals surface area contributed by atoms with Crippen LogP contribution in [0.15, 0.2) is 71.3 Å². The fourth-order valence-corrected chi connectivity index (χ4v) is 3.60. The van der Waals surface area contributed by atoms with Gasteiger partial charge in [0.05, 0.1) is 29.9 Å². The second-order valence-electron chi connectivity index (χ2n) is 7.65. The van der Waals surface area contributed by atoms with Crippen LogP contribution in [0.1, 0.15) is 47.7 Å². The lowest BCUT2D eigenvalue weighted by Crippen LogP contribution is -2.28. The second kappa shape index (κ2) is 9.51. The van der Waals surface area contributed by atoms with Crippen LogP contribution in [0.2, 0.25) is 0 Å². The number of aromatic nitrogens is 2. The first-order valence-corrected chi connectivity index (χ1v) is 10.6. The lowest BCUT2D eigenvalue weighted by Gasteiger charge is -2.16. The number of aryl methyl sites for hydroxylation is 2. The largest absolute Gasteiger partial charge is 0.494 e. The first-order chi connectivity index (χ1) is 15.1. The van der Waals surface area contributed by atoms with Gasteiger partial charge in [0.1, 0.15) is 11.6 Å². The Morgan fingerprint density at radius 1 is 1.10 bits per heavy atom. The number of carbonyl (C=O) groups excluding carboxylic acids is 1. The van der Waals surface area contributed by atoms with Crippen LogP contribution < -0.4 is 10.1 Å². The maximum absolute atomic E-state index is 12.4. The van der Waals surface area contributed by atoms with Gasteiger partial charge in [0.15, 0.2) is 5.76 Å². The van der Waals surface area contributed by atoms with E-state index in [1.165, 1.54) is 11.8 Å². The van der Waals surface area contributed by atoms with Gasteiger partial charge in [-0.2, -0.15) is 0 Å². The van der Waals surface area contributed by atoms with Gasteiger partial charge >= 0.3 is 0 Å². The summed E-state index contributed by atoms with van der Waals surface area (Å²) in [7, 11) is 0. The van der Waals surface area contributed by atoms with E-state index in [1.54, 1.807) is 12.1 Å². The number of benzene rings is 2. The van der Waals surface area contributed by atoms with Crippen LogP contribution >= 0.6 is 0 Å². The maximum Gasteiger partial charge on any atom is 0.287 e. The van der Waals surface area contributed by atoms with Crippen molar-refractivity contribution in [1.82, 2.24) is 14.9 Å². The normalized spacial score (nSPS) is 12.1. The summed E-state index contributed by atoms with van der Waals surface area (Å²) < 4.78 is 13.2. The van der Waals surface area contributed by atoms with Gasteiger partial charge in [-0.3, -0.25) is 4.79 Å². The van der Waals surface area contributed by atoms with Gasteiger partial charge in [-0.1, -0.05) is 29.8 Å². The molecule has 2 aromatic carbocycles. The summed E-state index contributed by atoms with van der Waals surface area (Å²) in [6, 6.07) is 19.3. The van der Waals surface area contributed by atoms with Gasteiger partial charge in [0, 0.05) is 6.54 Å². The number of amides is 1. The molecule has 4 aromatic rings. The third kappa shape index (κ3) is 4.97. The Kier molecular flexibility index (Phi) is 6.36. The molecular formula is C25H27N3O3. The van der Waals surface area contributed by atoms with Crippen molar-refractivity contribution >= 4 is 16.9 Å². The van der Waals surface area contributed by atoms with Crippen LogP contribution in [0.3, 0.4) is 0 Å². The Balaban J connectivity index is 1.41. The molecule has 0 saturated carbocycles. The van der Waals surface area contributed by atoms with Crippen molar-refractivity contribution in [2.45, 2.75) is 39.3 Å². The Hall–Kier alpha value is -3.54. The number of carbonyl (C=O) groups is 1. The number of rotatable bonds is 9. The molecule has 0 radical (unpaired) electrons. The van der Waals surface area contributed by atoms with Crippen molar-refractivity contribution in [1.29, 1.82) is 0 Å². The predicted octanol–water partition coefficient (Wildman–Crippen LogP) is 5.29. The highest BCUT2D eigenvalue weighted by Crippen LogP contribution is 2.22. The molecule has 0 fully saturated rings. The quantitative estimate of drug-likeness (QED) is 0.376. The van der Waals surface area contributed by atoms with Crippen molar-refractivity contribution in [3.63, 3.8) is 0 Å². The molecule has 1 N–H and O–H groups in total. The maximum atomic E-state index is 12.4. The van der Waals surface area contributed by atoms with E-state index in [2.05, 4.69) is 35.0 Å². The smallest absolute Gasteiger partial charge is 0.287 e. The second-order valence-corrected chi connectivity index (χ2v) is 7.65. The number of para-hydroxylation sites is 2. The third-order valence-electron chi connectivity index (χ3n) is 5.23. The Bertz CT molecular complexity index is 1130. The molecule has 6 nitrogen and oxygen atoms in total. The molecule has 0 aliphatic heterocycles. The summed E-state index contributed by atoms with van der Waals surface area (Å²) in [4.78, 5) is 17.2. The summed E-state index contributed by atoms with van der Waals surface area (Å²) in [5.41, 5.74) is 3.21. The first-order valence-electron chi connectivity index (χ1n) is 10.6. The molecule has 6 heteroatoms. The zero-order valence-electron chi connectivity index (χ0n) is 17.9. The Morgan fingerprint density at radius 3 is 2.68 bits per heavy atom. The van der Waals surface area contributed by atoms with Gasteiger partial charge in [-0.15, -0.1) is 0 Å². The molecule has 0 aliphatic rings. The van der Waals surface area contributed by atoms with Crippen LogP contribution in [0.4, 0.5) is 0 Å². The molecule has 0 unspecified atom stereocenters. The summed E-state index contributed by atoms with van der Waals surface area (Å²) in [5.74, 6) is 1.78. The van der Waals surface area contributed by atoms with E-state index in [1.807, 2.05) is 37.3 Å². The molecule has 1 atom stereocenters. The van der Waals surface area contributed by atoms with Crippen molar-refractivity contribution in [2.75, 3.05) is 6.61 Å². The summed E-state index contributed by atoms with van der Waals surface area (Å²) >= 11 is 0. The molecule has 0 saturated heterocycles. The van der Waals surface area contributed by atoms with Crippen LogP contribution in [0, 0.1) is 6.92 Å². The first kappa shape index (κ1) is 20.7. The summed E-state index contributed by atoms with van der Waals surface area (Å²) in [6.45, 7) is 5.47. The number of furan rings is 1. The lowest BCUT2D eigenvalue weighted by atomic mass is 10.2. The van der Waals surface area contributed by atoms with E-state index in [0.29, 0.717) is 12.4 Å². The molecule has 0 aliphatic carbocycles. The predicted molar refractivity (Wildman–Crippen MR) is 120 cm³/mol. The highest BCUT2D eigenvalue weighted by atomic mass is 16.5. The number of hydrogen-bond acceptors (Lipinski definition) is 4. The van der Waals surface area contributed by atoms with Crippen LogP contribution in [0.25, 0.3) is 11.0 Å². The monoisotopic (exact) mass is 417 g/mol. The van der Waals surface area contributed by atoms with E-state index in [9.17, 15) is 4.79 Å². The molecule has 2 heterocycles. The standard InChI is InChI=1S/C25H27N3O3/c1-18-11-13-20(14-12-18)30-16-6-5-15-28-22-9-4-3-8-21(22)27-24(28)19(2)26-25(29)23-10-7-17-31-23/h3-4,7-14,17,19H,5-6,15-16H2,1-2H3,(H,26,29)/t19-/m1/s1. The van der Waals surface area contributed by atoms with E-state index >= 15 is 0 Å². The van der Waals surface area contributed by atoms with Crippen LogP contribution in [-0.2, 0) is 6.54 Å². The highest BCUT2D eigenvalue weighted by molar-refractivity contribution is 5.91. The van der Waals surface area contributed by atoms with Gasteiger partial charge in [0.25, 0.3) is 5.91 Å². The van der Waals surface area contributed by atoms with Crippen molar-refractivity contribution in [3.05, 3.63) is 84.1 Å². The van der Waals surface area contributed by atoms with E-state index < -0.39 is 0 Å². The van der Waals surface area contributed by atoms with E-state index in [0.717, 1.165) is 42.0 Å². The highest BCUT2D eigenvalue weighted by Gasteiger charge is 2.19. The molecule has 4 rings (SSSR count). The number of fused-ring (bicyclic) bond motifs is 1. The summed E-state index contributed by atoms with van der Waals surface area (Å²) in [6.07, 6.45) is 3.36. The van der Waals surface area contributed by atoms with E-state index in [-0.39, 0.29) is 11.9 Å². The number of ether oxygens (including phenoxy) is 1. The Morgan fingerprint density at radius 2 is 1.90 bits per heavy atom. The number of hydrogen-bond donors (Lipinski definition) is 1. The van der Waals surface area contributed by atoms with E-state index in [4.69, 9.17) is 14.1 Å². The average Bonchev–Trinajstić information content (AvgIpc) is 3.43.